The third-order valence-corrected chi connectivity index (χ3v) is 5.03. The van der Waals surface area contributed by atoms with Crippen molar-refractivity contribution in [2.45, 2.75) is 45.8 Å². The zero-order chi connectivity index (χ0) is 19.9. The van der Waals surface area contributed by atoms with E-state index in [1.54, 1.807) is 0 Å². The molecule has 27 heavy (non-hydrogen) atoms. The molecule has 2 aromatic carbocycles. The van der Waals surface area contributed by atoms with E-state index < -0.39 is 6.23 Å². The fourth-order valence-corrected chi connectivity index (χ4v) is 2.83. The minimum absolute atomic E-state index is 0.121. The summed E-state index contributed by atoms with van der Waals surface area (Å²) in [5, 5.41) is 9.98. The summed E-state index contributed by atoms with van der Waals surface area (Å²) >= 11 is 0. The van der Waals surface area contributed by atoms with Crippen LogP contribution in [0, 0.1) is 0 Å². The average molecular weight is 372 g/mol. The van der Waals surface area contributed by atoms with Crippen molar-refractivity contribution in [1.82, 2.24) is 4.90 Å². The molecule has 0 fully saturated rings. The van der Waals surface area contributed by atoms with E-state index in [-0.39, 0.29) is 12.0 Å². The van der Waals surface area contributed by atoms with Crippen molar-refractivity contribution in [2.24, 2.45) is 0 Å². The van der Waals surface area contributed by atoms with E-state index >= 15 is 0 Å². The lowest BCUT2D eigenvalue weighted by atomic mass is 9.78. The third-order valence-electron chi connectivity index (χ3n) is 5.03. The first-order valence-corrected chi connectivity index (χ1v) is 9.73. The van der Waals surface area contributed by atoms with Gasteiger partial charge in [-0.15, -0.1) is 0 Å². The summed E-state index contributed by atoms with van der Waals surface area (Å²) in [6, 6.07) is 16.5. The standard InChI is InChI=1S/C23H33NO3/c1-6-16-26-20-12-8-18(9-13-20)23(3,4)19-10-14-21(15-11-19)27-17-22(25)24(5)7-2/h8-15,22,25H,6-7,16-17H2,1-5H3. The average Bonchev–Trinajstić information content (AvgIpc) is 2.70. The number of ether oxygens (including phenoxy) is 2. The topological polar surface area (TPSA) is 41.9 Å². The maximum absolute atomic E-state index is 9.98. The molecule has 1 atom stereocenters. The van der Waals surface area contributed by atoms with E-state index in [1.807, 2.05) is 43.1 Å². The van der Waals surface area contributed by atoms with Gasteiger partial charge in [0.1, 0.15) is 24.3 Å². The predicted molar refractivity (Wildman–Crippen MR) is 111 cm³/mol. The van der Waals surface area contributed by atoms with E-state index in [1.165, 1.54) is 11.1 Å². The van der Waals surface area contributed by atoms with Gasteiger partial charge in [0.2, 0.25) is 0 Å². The fourth-order valence-electron chi connectivity index (χ4n) is 2.83. The molecule has 2 aromatic rings. The Morgan fingerprint density at radius 3 is 1.81 bits per heavy atom. The summed E-state index contributed by atoms with van der Waals surface area (Å²) in [6.07, 6.45) is 0.410. The molecule has 0 aliphatic heterocycles. The van der Waals surface area contributed by atoms with Crippen molar-refractivity contribution in [3.63, 3.8) is 0 Å². The van der Waals surface area contributed by atoms with Crippen LogP contribution in [0.4, 0.5) is 0 Å². The molecule has 0 aliphatic rings. The molecule has 4 nitrogen and oxygen atoms in total. The normalized spacial score (nSPS) is 12.9. The molecular formula is C23H33NO3. The smallest absolute Gasteiger partial charge is 0.141 e. The van der Waals surface area contributed by atoms with Gasteiger partial charge in [0.15, 0.2) is 0 Å². The van der Waals surface area contributed by atoms with Gasteiger partial charge in [-0.3, -0.25) is 4.90 Å². The highest BCUT2D eigenvalue weighted by molar-refractivity contribution is 5.41. The summed E-state index contributed by atoms with van der Waals surface area (Å²) in [4.78, 5) is 1.84. The molecule has 148 valence electrons. The van der Waals surface area contributed by atoms with Crippen LogP contribution >= 0.6 is 0 Å². The summed E-state index contributed by atoms with van der Waals surface area (Å²) in [6.45, 7) is 10.3. The van der Waals surface area contributed by atoms with Crippen LogP contribution in [0.25, 0.3) is 0 Å². The van der Waals surface area contributed by atoms with E-state index in [0.717, 1.165) is 31.1 Å². The zero-order valence-corrected chi connectivity index (χ0v) is 17.2. The quantitative estimate of drug-likeness (QED) is 0.627. The van der Waals surface area contributed by atoms with E-state index in [0.29, 0.717) is 0 Å². The lowest BCUT2D eigenvalue weighted by Gasteiger charge is -2.27. The molecule has 1 unspecified atom stereocenters. The first kappa shape index (κ1) is 21.3. The predicted octanol–water partition coefficient (Wildman–Crippen LogP) is 4.45. The van der Waals surface area contributed by atoms with E-state index in [4.69, 9.17) is 9.47 Å². The SMILES string of the molecule is CCCOc1ccc(C(C)(C)c2ccc(OCC(O)N(C)CC)cc2)cc1. The summed E-state index contributed by atoms with van der Waals surface area (Å²) in [5.41, 5.74) is 2.33. The second kappa shape index (κ2) is 9.77. The van der Waals surface area contributed by atoms with Gasteiger partial charge in [0.05, 0.1) is 6.61 Å². The Bertz CT molecular complexity index is 680. The minimum atomic E-state index is -0.598. The highest BCUT2D eigenvalue weighted by Gasteiger charge is 2.23. The van der Waals surface area contributed by atoms with Crippen LogP contribution in [0.2, 0.25) is 0 Å². The molecule has 1 N–H and O–H groups in total. The molecule has 0 amide bonds. The van der Waals surface area contributed by atoms with Gasteiger partial charge in [-0.25, -0.2) is 0 Å². The Morgan fingerprint density at radius 1 is 0.889 bits per heavy atom. The zero-order valence-electron chi connectivity index (χ0n) is 17.2. The van der Waals surface area contributed by atoms with Crippen molar-refractivity contribution in [1.29, 1.82) is 0 Å². The monoisotopic (exact) mass is 371 g/mol. The van der Waals surface area contributed by atoms with Gasteiger partial charge in [0, 0.05) is 5.41 Å². The van der Waals surface area contributed by atoms with Gasteiger partial charge in [-0.2, -0.15) is 0 Å². The second-order valence-electron chi connectivity index (χ2n) is 7.39. The van der Waals surface area contributed by atoms with Crippen LogP contribution in [0.5, 0.6) is 11.5 Å². The molecule has 0 bridgehead atoms. The fraction of sp³-hybridized carbons (Fsp3) is 0.478. The van der Waals surface area contributed by atoms with Crippen molar-refractivity contribution >= 4 is 0 Å². The minimum Gasteiger partial charge on any atom is -0.494 e. The molecule has 4 heteroatoms. The Hall–Kier alpha value is -2.04. The Morgan fingerprint density at radius 2 is 1.37 bits per heavy atom. The summed E-state index contributed by atoms with van der Waals surface area (Å²) in [5.74, 6) is 1.68. The lowest BCUT2D eigenvalue weighted by Crippen LogP contribution is -2.36. The molecule has 0 saturated carbocycles. The lowest BCUT2D eigenvalue weighted by molar-refractivity contribution is -0.00974. The number of hydrogen-bond acceptors (Lipinski definition) is 4. The van der Waals surface area contributed by atoms with Gasteiger partial charge >= 0.3 is 0 Å². The number of nitrogens with zero attached hydrogens (tertiary/aromatic N) is 1. The number of benzene rings is 2. The first-order valence-electron chi connectivity index (χ1n) is 9.73. The Kier molecular flexibility index (Phi) is 7.69. The number of aliphatic hydroxyl groups excluding tert-OH is 1. The maximum atomic E-state index is 9.98. The van der Waals surface area contributed by atoms with Gasteiger partial charge in [-0.05, 0) is 55.4 Å². The van der Waals surface area contributed by atoms with Crippen molar-refractivity contribution < 1.29 is 14.6 Å². The van der Waals surface area contributed by atoms with Crippen molar-refractivity contribution in [3.05, 3.63) is 59.7 Å². The van der Waals surface area contributed by atoms with Gasteiger partial charge in [-0.1, -0.05) is 52.0 Å². The summed E-state index contributed by atoms with van der Waals surface area (Å²) in [7, 11) is 1.87. The van der Waals surface area contributed by atoms with Gasteiger partial charge in [0.25, 0.3) is 0 Å². The number of likely N-dealkylation sites (N-methyl/N-ethyl adjacent to an activating group) is 1. The Labute approximate surface area is 163 Å². The number of hydrogen-bond donors (Lipinski definition) is 1. The Balaban J connectivity index is 2.03. The van der Waals surface area contributed by atoms with Crippen molar-refractivity contribution in [3.8, 4) is 11.5 Å². The molecule has 0 radical (unpaired) electrons. The van der Waals surface area contributed by atoms with Crippen LogP contribution in [-0.4, -0.2) is 43.0 Å². The molecule has 0 heterocycles. The van der Waals surface area contributed by atoms with Crippen LogP contribution in [-0.2, 0) is 5.41 Å². The van der Waals surface area contributed by atoms with Crippen molar-refractivity contribution in [2.75, 3.05) is 26.8 Å². The van der Waals surface area contributed by atoms with Crippen LogP contribution < -0.4 is 9.47 Å². The second-order valence-corrected chi connectivity index (χ2v) is 7.39. The number of rotatable bonds is 10. The van der Waals surface area contributed by atoms with E-state index in [9.17, 15) is 5.11 Å². The van der Waals surface area contributed by atoms with Crippen LogP contribution in [0.15, 0.2) is 48.5 Å². The maximum Gasteiger partial charge on any atom is 0.141 e. The molecule has 0 saturated heterocycles. The summed E-state index contributed by atoms with van der Waals surface area (Å²) < 4.78 is 11.4. The molecular weight excluding hydrogens is 338 g/mol. The number of aliphatic hydroxyl groups is 1. The largest absolute Gasteiger partial charge is 0.494 e. The molecule has 2 rings (SSSR count). The molecule has 0 aromatic heterocycles. The molecule has 0 aliphatic carbocycles. The highest BCUT2D eigenvalue weighted by Crippen LogP contribution is 2.33. The van der Waals surface area contributed by atoms with Crippen LogP contribution in [0.1, 0.15) is 45.2 Å². The van der Waals surface area contributed by atoms with Crippen LogP contribution in [0.3, 0.4) is 0 Å². The third kappa shape index (κ3) is 5.72. The highest BCUT2D eigenvalue weighted by atomic mass is 16.5. The van der Waals surface area contributed by atoms with Gasteiger partial charge < -0.3 is 14.6 Å². The first-order chi connectivity index (χ1) is 12.9. The van der Waals surface area contributed by atoms with E-state index in [2.05, 4.69) is 45.0 Å². The molecule has 0 spiro atoms.